The number of nitrogens with zero attached hydrogens (tertiary/aromatic N) is 3. The Kier molecular flexibility index (Phi) is 7.80. The van der Waals surface area contributed by atoms with Crippen LogP contribution in [0.3, 0.4) is 0 Å². The number of ether oxygens (including phenoxy) is 1. The smallest absolute Gasteiger partial charge is 0.240 e. The molecule has 0 spiro atoms. The van der Waals surface area contributed by atoms with E-state index in [2.05, 4.69) is 26.1 Å². The van der Waals surface area contributed by atoms with Crippen molar-refractivity contribution in [2.75, 3.05) is 26.3 Å². The predicted molar refractivity (Wildman–Crippen MR) is 140 cm³/mol. The minimum atomic E-state index is -3.69. The van der Waals surface area contributed by atoms with Crippen LogP contribution in [0.2, 0.25) is 0 Å². The lowest BCUT2D eigenvalue weighted by Crippen LogP contribution is -2.38. The number of hydrogen-bond acceptors (Lipinski definition) is 8. The first kappa shape index (κ1) is 25.4. The van der Waals surface area contributed by atoms with Crippen LogP contribution < -0.4 is 4.72 Å². The Labute approximate surface area is 216 Å². The van der Waals surface area contributed by atoms with Crippen LogP contribution in [-0.4, -0.2) is 66.8 Å². The number of morpholine rings is 1. The molecule has 1 aromatic carbocycles. The molecule has 1 saturated carbocycles. The van der Waals surface area contributed by atoms with Gasteiger partial charge in [-0.3, -0.25) is 9.88 Å². The van der Waals surface area contributed by atoms with Crippen molar-refractivity contribution in [1.29, 1.82) is 0 Å². The molecule has 192 valence electrons. The topological polar surface area (TPSA) is 105 Å². The maximum absolute atomic E-state index is 13.1. The van der Waals surface area contributed by atoms with E-state index >= 15 is 0 Å². The van der Waals surface area contributed by atoms with Crippen molar-refractivity contribution in [3.05, 3.63) is 52.5 Å². The van der Waals surface area contributed by atoms with Crippen LogP contribution >= 0.6 is 11.3 Å². The van der Waals surface area contributed by atoms with Gasteiger partial charge in [0.05, 0.1) is 48.0 Å². The van der Waals surface area contributed by atoms with Crippen LogP contribution in [0.5, 0.6) is 0 Å². The second-order valence-corrected chi connectivity index (χ2v) is 12.3. The third kappa shape index (κ3) is 6.01. The summed E-state index contributed by atoms with van der Waals surface area (Å²) in [5.74, 6) is 0. The highest BCUT2D eigenvalue weighted by molar-refractivity contribution is 7.89. The zero-order chi connectivity index (χ0) is 25.1. The summed E-state index contributed by atoms with van der Waals surface area (Å²) >= 11 is 1.71. The number of nitrogens with one attached hydrogen (secondary N) is 1. The lowest BCUT2D eigenvalue weighted by molar-refractivity contribution is 0.0346. The zero-order valence-electron chi connectivity index (χ0n) is 20.4. The van der Waals surface area contributed by atoms with Crippen LogP contribution in [0.25, 0.3) is 22.5 Å². The van der Waals surface area contributed by atoms with Crippen LogP contribution in [0, 0.1) is 6.92 Å². The highest BCUT2D eigenvalue weighted by atomic mass is 32.2. The predicted octanol–water partition coefficient (Wildman–Crippen LogP) is 3.59. The molecule has 0 amide bonds. The van der Waals surface area contributed by atoms with Crippen molar-refractivity contribution in [1.82, 2.24) is 19.6 Å². The molecular formula is C26H32N4O4S2. The van der Waals surface area contributed by atoms with E-state index in [1.807, 2.05) is 13.0 Å². The molecule has 10 heteroatoms. The Morgan fingerprint density at radius 2 is 1.86 bits per heavy atom. The van der Waals surface area contributed by atoms with Gasteiger partial charge in [-0.1, -0.05) is 6.07 Å². The highest BCUT2D eigenvalue weighted by Crippen LogP contribution is 2.30. The average Bonchev–Trinajstić information content (AvgIpc) is 3.35. The van der Waals surface area contributed by atoms with Crippen molar-refractivity contribution in [3.63, 3.8) is 0 Å². The van der Waals surface area contributed by atoms with Crippen LogP contribution in [0.1, 0.15) is 36.1 Å². The fraction of sp³-hybridized carbons (Fsp3) is 0.462. The van der Waals surface area contributed by atoms with Gasteiger partial charge >= 0.3 is 0 Å². The molecule has 1 aliphatic heterocycles. The molecule has 0 atom stereocenters. The molecule has 2 aromatic heterocycles. The summed E-state index contributed by atoms with van der Waals surface area (Å²) in [4.78, 5) is 13.1. The minimum absolute atomic E-state index is 0.156. The molecule has 3 heterocycles. The third-order valence-electron chi connectivity index (χ3n) is 6.88. The van der Waals surface area contributed by atoms with Gasteiger partial charge in [0.2, 0.25) is 10.0 Å². The number of aromatic nitrogens is 2. The number of aliphatic hydroxyl groups is 1. The second kappa shape index (κ2) is 11.0. The van der Waals surface area contributed by atoms with Gasteiger partial charge in [0.1, 0.15) is 0 Å². The quantitative estimate of drug-likeness (QED) is 0.483. The molecule has 5 rings (SSSR count). The van der Waals surface area contributed by atoms with Crippen LogP contribution in [0.4, 0.5) is 0 Å². The fourth-order valence-corrected chi connectivity index (χ4v) is 6.99. The van der Waals surface area contributed by atoms with Gasteiger partial charge in [-0.2, -0.15) is 0 Å². The molecule has 8 nitrogen and oxygen atoms in total. The van der Waals surface area contributed by atoms with Gasteiger partial charge in [-0.05, 0) is 56.4 Å². The highest BCUT2D eigenvalue weighted by Gasteiger charge is 2.25. The maximum Gasteiger partial charge on any atom is 0.240 e. The third-order valence-corrected chi connectivity index (χ3v) is 9.32. The number of aliphatic hydroxyl groups excluding tert-OH is 1. The van der Waals surface area contributed by atoms with Gasteiger partial charge in [0.15, 0.2) is 0 Å². The summed E-state index contributed by atoms with van der Waals surface area (Å²) in [6, 6.07) is 7.13. The van der Waals surface area contributed by atoms with Crippen LogP contribution in [0.15, 0.2) is 46.9 Å². The molecule has 2 N–H and O–H groups in total. The molecule has 0 bridgehead atoms. The van der Waals surface area contributed by atoms with Crippen molar-refractivity contribution in [2.45, 2.75) is 56.2 Å². The number of sulfonamides is 1. The molecule has 1 aliphatic carbocycles. The van der Waals surface area contributed by atoms with Crippen molar-refractivity contribution in [3.8, 4) is 22.5 Å². The molecule has 0 unspecified atom stereocenters. The summed E-state index contributed by atoms with van der Waals surface area (Å²) in [6.07, 6.45) is 5.61. The van der Waals surface area contributed by atoms with Gasteiger partial charge in [-0.15, -0.1) is 11.3 Å². The Balaban J connectivity index is 1.36. The van der Waals surface area contributed by atoms with Gasteiger partial charge < -0.3 is 9.84 Å². The SMILES string of the molecule is Cc1ccc(S(=O)(=O)NC2CCC(O)CC2)cc1-c1cncc(-c2csc(CN3CCOCC3)c2)n1. The van der Waals surface area contributed by atoms with E-state index < -0.39 is 10.0 Å². The Hall–Kier alpha value is -2.21. The van der Waals surface area contributed by atoms with E-state index in [4.69, 9.17) is 9.72 Å². The first-order chi connectivity index (χ1) is 17.4. The number of aryl methyl sites for hydroxylation is 1. The summed E-state index contributed by atoms with van der Waals surface area (Å²) in [5.41, 5.74) is 4.10. The van der Waals surface area contributed by atoms with E-state index in [1.54, 1.807) is 35.9 Å². The lowest BCUT2D eigenvalue weighted by Gasteiger charge is -2.26. The molecule has 0 radical (unpaired) electrons. The summed E-state index contributed by atoms with van der Waals surface area (Å²) in [7, 11) is -3.69. The van der Waals surface area contributed by atoms with Crippen molar-refractivity contribution in [2.24, 2.45) is 0 Å². The van der Waals surface area contributed by atoms with Crippen molar-refractivity contribution < 1.29 is 18.3 Å². The maximum atomic E-state index is 13.1. The molecule has 2 aliphatic rings. The zero-order valence-corrected chi connectivity index (χ0v) is 22.0. The number of thiophene rings is 1. The average molecular weight is 529 g/mol. The van der Waals surface area contributed by atoms with Crippen LogP contribution in [-0.2, 0) is 21.3 Å². The van der Waals surface area contributed by atoms with Gasteiger partial charge in [0, 0.05) is 47.1 Å². The molecule has 1 saturated heterocycles. The monoisotopic (exact) mass is 528 g/mol. The fourth-order valence-electron chi connectivity index (χ4n) is 4.74. The first-order valence-corrected chi connectivity index (χ1v) is 14.7. The van der Waals surface area contributed by atoms with Gasteiger partial charge in [-0.25, -0.2) is 18.1 Å². The van der Waals surface area contributed by atoms with E-state index in [9.17, 15) is 13.5 Å². The number of benzene rings is 1. The summed E-state index contributed by atoms with van der Waals surface area (Å²) in [5, 5.41) is 11.8. The number of hydrogen-bond donors (Lipinski definition) is 2. The van der Waals surface area contributed by atoms with Crippen molar-refractivity contribution >= 4 is 21.4 Å². The molecule has 2 fully saturated rings. The summed E-state index contributed by atoms with van der Waals surface area (Å²) < 4.78 is 34.5. The van der Waals surface area contributed by atoms with E-state index in [0.29, 0.717) is 31.4 Å². The number of rotatable bonds is 7. The largest absolute Gasteiger partial charge is 0.393 e. The Bertz CT molecular complexity index is 1300. The van der Waals surface area contributed by atoms with E-state index in [1.165, 1.54) is 4.88 Å². The van der Waals surface area contributed by atoms with E-state index in [0.717, 1.165) is 55.2 Å². The lowest BCUT2D eigenvalue weighted by atomic mass is 9.94. The molecular weight excluding hydrogens is 496 g/mol. The molecule has 3 aromatic rings. The first-order valence-electron chi connectivity index (χ1n) is 12.4. The normalized spacial score (nSPS) is 21.5. The molecule has 36 heavy (non-hydrogen) atoms. The Morgan fingerprint density at radius 3 is 2.64 bits per heavy atom. The van der Waals surface area contributed by atoms with E-state index in [-0.39, 0.29) is 17.0 Å². The second-order valence-electron chi connectivity index (χ2n) is 9.58. The summed E-state index contributed by atoms with van der Waals surface area (Å²) in [6.45, 7) is 6.28. The standard InChI is InChI=1S/C26H32N4O4S2/c1-18-2-7-23(36(32,33)29-20-3-5-21(31)6-4-20)13-24(18)26-15-27-14-25(28-26)19-12-22(35-17-19)16-30-8-10-34-11-9-30/h2,7,12-15,17,20-21,29,31H,3-6,8-11,16H2,1H3. The minimum Gasteiger partial charge on any atom is -0.393 e. The Morgan fingerprint density at radius 1 is 1.11 bits per heavy atom. The van der Waals surface area contributed by atoms with Gasteiger partial charge in [0.25, 0.3) is 0 Å².